The lowest BCUT2D eigenvalue weighted by molar-refractivity contribution is -0.129. The van der Waals surface area contributed by atoms with Gasteiger partial charge in [-0.2, -0.15) is 9.97 Å². The molecule has 1 saturated carbocycles. The number of rotatable bonds is 11. The number of likely N-dealkylation sites (tertiary alicyclic amines) is 1. The lowest BCUT2D eigenvalue weighted by Crippen LogP contribution is -2.39. The molecule has 40 heavy (non-hydrogen) atoms. The first-order chi connectivity index (χ1) is 19.4. The van der Waals surface area contributed by atoms with Crippen LogP contribution < -0.4 is 20.7 Å². The lowest BCUT2D eigenvalue weighted by Gasteiger charge is -2.30. The molecule has 10 heteroatoms. The summed E-state index contributed by atoms with van der Waals surface area (Å²) in [6.07, 6.45) is 7.15. The number of amides is 2. The molecule has 3 N–H and O–H groups in total. The van der Waals surface area contributed by atoms with Crippen molar-refractivity contribution in [1.82, 2.24) is 19.8 Å². The minimum Gasteiger partial charge on any atom is -0.463 e. The zero-order valence-corrected chi connectivity index (χ0v) is 24.3. The van der Waals surface area contributed by atoms with Crippen molar-refractivity contribution in [3.8, 4) is 6.01 Å². The molecule has 1 aromatic heterocycles. The average Bonchev–Trinajstić information content (AvgIpc) is 3.59. The molecule has 218 valence electrons. The van der Waals surface area contributed by atoms with E-state index in [-0.39, 0.29) is 30.2 Å². The molecular formula is C30H45N7O3. The fourth-order valence-corrected chi connectivity index (χ4v) is 5.01. The number of hydrogen-bond donors (Lipinski definition) is 2. The van der Waals surface area contributed by atoms with Crippen LogP contribution in [0.1, 0.15) is 70.4 Å². The minimum atomic E-state index is -0.166. The van der Waals surface area contributed by atoms with Gasteiger partial charge in [-0.15, -0.1) is 0 Å². The molecule has 3 aliphatic rings. The number of nitrogens with zero attached hydrogens (tertiary/aromatic N) is 5. The molecule has 1 aliphatic carbocycles. The minimum absolute atomic E-state index is 0.0942. The van der Waals surface area contributed by atoms with Crippen LogP contribution in [0.5, 0.6) is 6.01 Å². The Balaban J connectivity index is 0.000000461. The van der Waals surface area contributed by atoms with E-state index in [2.05, 4.69) is 40.1 Å². The number of unbranched alkanes of at least 4 members (excludes halogenated alkanes) is 1. The third-order valence-electron chi connectivity index (χ3n) is 7.53. The fraction of sp³-hybridized carbons (Fsp3) is 0.600. The lowest BCUT2D eigenvalue weighted by atomic mass is 10.1. The third-order valence-corrected chi connectivity index (χ3v) is 7.53. The van der Waals surface area contributed by atoms with Gasteiger partial charge in [0.1, 0.15) is 5.69 Å². The third kappa shape index (κ3) is 8.55. The Morgan fingerprint density at radius 2 is 1.93 bits per heavy atom. The zero-order valence-electron chi connectivity index (χ0n) is 24.3. The van der Waals surface area contributed by atoms with Gasteiger partial charge >= 0.3 is 6.01 Å². The van der Waals surface area contributed by atoms with E-state index in [1.807, 2.05) is 28.0 Å². The van der Waals surface area contributed by atoms with Crippen LogP contribution in [0, 0.1) is 5.92 Å². The molecular weight excluding hydrogens is 506 g/mol. The second-order valence-electron chi connectivity index (χ2n) is 11.0. The van der Waals surface area contributed by atoms with E-state index in [1.54, 1.807) is 6.92 Å². The van der Waals surface area contributed by atoms with Gasteiger partial charge in [-0.1, -0.05) is 44.5 Å². The summed E-state index contributed by atoms with van der Waals surface area (Å²) in [7, 11) is 0. The number of aromatic nitrogens is 2. The van der Waals surface area contributed by atoms with Crippen LogP contribution >= 0.6 is 0 Å². The molecule has 1 saturated heterocycles. The Labute approximate surface area is 238 Å². The summed E-state index contributed by atoms with van der Waals surface area (Å²) in [6.45, 7) is 12.4. The first-order valence-electron chi connectivity index (χ1n) is 14.8. The van der Waals surface area contributed by atoms with Crippen LogP contribution in [0.4, 0.5) is 17.3 Å². The summed E-state index contributed by atoms with van der Waals surface area (Å²) in [6, 6.07) is 8.32. The van der Waals surface area contributed by atoms with Gasteiger partial charge in [0, 0.05) is 26.6 Å². The number of anilines is 3. The molecule has 10 nitrogen and oxygen atoms in total. The monoisotopic (exact) mass is 551 g/mol. The predicted octanol–water partition coefficient (Wildman–Crippen LogP) is 4.06. The van der Waals surface area contributed by atoms with E-state index in [1.165, 1.54) is 45.3 Å². The molecule has 2 aliphatic heterocycles. The molecule has 0 spiro atoms. The molecule has 0 bridgehead atoms. The normalized spacial score (nSPS) is 16.6. The summed E-state index contributed by atoms with van der Waals surface area (Å²) in [4.78, 5) is 39.4. The van der Waals surface area contributed by atoms with E-state index in [0.717, 1.165) is 30.5 Å². The van der Waals surface area contributed by atoms with E-state index in [4.69, 9.17) is 10.5 Å². The van der Waals surface area contributed by atoms with E-state index in [9.17, 15) is 9.59 Å². The van der Waals surface area contributed by atoms with Gasteiger partial charge in [-0.25, -0.2) is 0 Å². The number of nitrogens with one attached hydrogen (secondary N) is 1. The van der Waals surface area contributed by atoms with Crippen molar-refractivity contribution >= 4 is 29.1 Å². The number of hydrogen-bond acceptors (Lipinski definition) is 8. The van der Waals surface area contributed by atoms with Crippen molar-refractivity contribution in [1.29, 1.82) is 0 Å². The molecule has 0 unspecified atom stereocenters. The van der Waals surface area contributed by atoms with E-state index >= 15 is 0 Å². The molecule has 0 radical (unpaired) electrons. The number of nitrogen functional groups attached to an aromatic ring is 1. The predicted molar refractivity (Wildman–Crippen MR) is 158 cm³/mol. The fourth-order valence-electron chi connectivity index (χ4n) is 5.01. The summed E-state index contributed by atoms with van der Waals surface area (Å²) in [5.41, 5.74) is 8.61. The smallest absolute Gasteiger partial charge is 0.320 e. The number of carbonyl (C=O) groups excluding carboxylic acids is 2. The van der Waals surface area contributed by atoms with E-state index < -0.39 is 0 Å². The van der Waals surface area contributed by atoms with Gasteiger partial charge in [-0.05, 0) is 68.8 Å². The van der Waals surface area contributed by atoms with Crippen LogP contribution in [-0.2, 0) is 22.7 Å². The number of fused-ring (bicyclic) bond motifs is 1. The summed E-state index contributed by atoms with van der Waals surface area (Å²) in [5, 5.41) is 2.78. The number of ether oxygens (including phenoxy) is 1. The van der Waals surface area contributed by atoms with Gasteiger partial charge in [0.2, 0.25) is 11.8 Å². The highest BCUT2D eigenvalue weighted by Gasteiger charge is 2.28. The highest BCUT2D eigenvalue weighted by molar-refractivity contribution is 6.03. The Morgan fingerprint density at radius 3 is 2.58 bits per heavy atom. The van der Waals surface area contributed by atoms with Crippen molar-refractivity contribution in [3.05, 3.63) is 35.4 Å². The molecule has 2 fully saturated rings. The van der Waals surface area contributed by atoms with Gasteiger partial charge in [0.05, 0.1) is 13.2 Å². The van der Waals surface area contributed by atoms with Gasteiger partial charge < -0.3 is 30.5 Å². The van der Waals surface area contributed by atoms with Gasteiger partial charge in [-0.3, -0.25) is 9.59 Å². The van der Waals surface area contributed by atoms with Crippen molar-refractivity contribution in [2.45, 2.75) is 72.4 Å². The van der Waals surface area contributed by atoms with Crippen LogP contribution in [0.25, 0.3) is 0 Å². The van der Waals surface area contributed by atoms with Crippen LogP contribution in [0.3, 0.4) is 0 Å². The van der Waals surface area contributed by atoms with Gasteiger partial charge in [0.15, 0.2) is 11.6 Å². The van der Waals surface area contributed by atoms with Crippen molar-refractivity contribution in [2.24, 2.45) is 5.92 Å². The van der Waals surface area contributed by atoms with Crippen molar-refractivity contribution < 1.29 is 14.3 Å². The highest BCUT2D eigenvalue weighted by Crippen LogP contribution is 2.34. The SMILES string of the molecule is CCCCOc1nc(N)c2c(n1)N(Cc1cccc(CN(CC3CC3)C(C)=O)c1)CC(=O)N2.CCN1CCCC1. The number of nitrogens with two attached hydrogens (primary N) is 1. The first-order valence-corrected chi connectivity index (χ1v) is 14.8. The standard InChI is InChI=1S/C24H32N6O3.C6H13N/c1-3-4-10-33-24-27-22(25)21-23(28-24)30(15-20(32)26-21)14-19-7-5-6-18(11-19)13-29(16(2)31)12-17-8-9-17;1-2-7-5-3-4-6-7/h5-7,11,17H,3-4,8-10,12-15H2,1-2H3,(H,26,32)(H2,25,27,28);2-6H2,1H3. The maximum absolute atomic E-state index is 12.3. The first kappa shape index (κ1) is 29.6. The van der Waals surface area contributed by atoms with Crippen molar-refractivity contribution in [3.63, 3.8) is 0 Å². The molecule has 0 atom stereocenters. The van der Waals surface area contributed by atoms with Crippen molar-refractivity contribution in [2.75, 3.05) is 55.3 Å². The second kappa shape index (κ2) is 14.3. The average molecular weight is 552 g/mol. The quantitative estimate of drug-likeness (QED) is 0.402. The van der Waals surface area contributed by atoms with Gasteiger partial charge in [0.25, 0.3) is 0 Å². The highest BCUT2D eigenvalue weighted by atomic mass is 16.5. The molecule has 2 aromatic rings. The molecule has 1 aromatic carbocycles. The molecule has 3 heterocycles. The van der Waals surface area contributed by atoms with Crippen LogP contribution in [-0.4, -0.2) is 70.9 Å². The number of carbonyl (C=O) groups is 2. The zero-order chi connectivity index (χ0) is 28.5. The van der Waals surface area contributed by atoms with Crippen LogP contribution in [0.2, 0.25) is 0 Å². The second-order valence-corrected chi connectivity index (χ2v) is 11.0. The number of benzene rings is 1. The Hall–Kier alpha value is -3.40. The summed E-state index contributed by atoms with van der Waals surface area (Å²) >= 11 is 0. The Morgan fingerprint density at radius 1 is 1.18 bits per heavy atom. The summed E-state index contributed by atoms with van der Waals surface area (Å²) in [5.74, 6) is 1.31. The molecule has 5 rings (SSSR count). The topological polar surface area (TPSA) is 117 Å². The Bertz CT molecular complexity index is 1150. The van der Waals surface area contributed by atoms with Crippen LogP contribution in [0.15, 0.2) is 24.3 Å². The summed E-state index contributed by atoms with van der Waals surface area (Å²) < 4.78 is 5.66. The maximum atomic E-state index is 12.3. The Kier molecular flexibility index (Phi) is 10.6. The van der Waals surface area contributed by atoms with E-state index in [0.29, 0.717) is 37.1 Å². The maximum Gasteiger partial charge on any atom is 0.320 e. The molecule has 2 amide bonds. The largest absolute Gasteiger partial charge is 0.463 e.